The van der Waals surface area contributed by atoms with Gasteiger partial charge in [-0.25, -0.2) is 0 Å². The van der Waals surface area contributed by atoms with Crippen LogP contribution in [0.3, 0.4) is 0 Å². The maximum absolute atomic E-state index is 10.4. The lowest BCUT2D eigenvalue weighted by Crippen LogP contribution is -2.27. The maximum Gasteiger partial charge on any atom is 0.184 e. The Bertz CT molecular complexity index is 310. The summed E-state index contributed by atoms with van der Waals surface area (Å²) in [7, 11) is 0. The summed E-state index contributed by atoms with van der Waals surface area (Å²) < 4.78 is 5.41. The second kappa shape index (κ2) is 3.90. The average Bonchev–Trinajstić information content (AvgIpc) is 2.96. The molecule has 0 aliphatic heterocycles. The Balaban J connectivity index is 1.59. The maximum atomic E-state index is 10.4. The SMILES string of the molecule is C=C(C=O)OCC1CC2CC1C1CCCC21. The normalized spacial score (nSPS) is 44.4. The predicted molar refractivity (Wildman–Crippen MR) is 61.7 cm³/mol. The van der Waals surface area contributed by atoms with Crippen molar-refractivity contribution < 1.29 is 9.53 Å². The Labute approximate surface area is 97.1 Å². The van der Waals surface area contributed by atoms with Crippen LogP contribution in [-0.4, -0.2) is 12.9 Å². The second-order valence-electron chi connectivity index (χ2n) is 5.81. The fourth-order valence-electron chi connectivity index (χ4n) is 4.65. The van der Waals surface area contributed by atoms with Crippen molar-refractivity contribution in [1.82, 2.24) is 0 Å². The highest BCUT2D eigenvalue weighted by Crippen LogP contribution is 2.60. The molecule has 0 aromatic heterocycles. The van der Waals surface area contributed by atoms with Crippen LogP contribution in [0.15, 0.2) is 12.3 Å². The van der Waals surface area contributed by atoms with E-state index in [1.54, 1.807) is 0 Å². The molecule has 5 atom stereocenters. The minimum Gasteiger partial charge on any atom is -0.490 e. The molecule has 3 aliphatic carbocycles. The fourth-order valence-corrected chi connectivity index (χ4v) is 4.65. The number of aldehydes is 1. The summed E-state index contributed by atoms with van der Waals surface area (Å²) >= 11 is 0. The van der Waals surface area contributed by atoms with Crippen LogP contribution in [0, 0.1) is 29.6 Å². The number of rotatable bonds is 4. The van der Waals surface area contributed by atoms with Gasteiger partial charge in [0.25, 0.3) is 0 Å². The van der Waals surface area contributed by atoms with Crippen LogP contribution in [-0.2, 0) is 9.53 Å². The quantitative estimate of drug-likeness (QED) is 0.414. The molecule has 3 aliphatic rings. The first-order valence-corrected chi connectivity index (χ1v) is 6.56. The van der Waals surface area contributed by atoms with E-state index in [4.69, 9.17) is 4.74 Å². The zero-order valence-corrected chi connectivity index (χ0v) is 9.73. The van der Waals surface area contributed by atoms with Gasteiger partial charge < -0.3 is 4.74 Å². The van der Waals surface area contributed by atoms with Gasteiger partial charge in [-0.15, -0.1) is 0 Å². The van der Waals surface area contributed by atoms with E-state index in [2.05, 4.69) is 6.58 Å². The Hall–Kier alpha value is -0.790. The van der Waals surface area contributed by atoms with Gasteiger partial charge in [0.2, 0.25) is 0 Å². The average molecular weight is 220 g/mol. The molecule has 0 heterocycles. The molecule has 88 valence electrons. The summed E-state index contributed by atoms with van der Waals surface area (Å²) in [6.07, 6.45) is 7.83. The third-order valence-corrected chi connectivity index (χ3v) is 5.18. The topological polar surface area (TPSA) is 26.3 Å². The van der Waals surface area contributed by atoms with Crippen LogP contribution in [0.1, 0.15) is 32.1 Å². The molecule has 0 aromatic carbocycles. The van der Waals surface area contributed by atoms with Crippen molar-refractivity contribution in [2.45, 2.75) is 32.1 Å². The number of fused-ring (bicyclic) bond motifs is 5. The summed E-state index contributed by atoms with van der Waals surface area (Å²) in [6, 6.07) is 0. The highest BCUT2D eigenvalue weighted by atomic mass is 16.5. The second-order valence-corrected chi connectivity index (χ2v) is 5.81. The Morgan fingerprint density at radius 1 is 1.25 bits per heavy atom. The number of allylic oxidation sites excluding steroid dienone is 1. The van der Waals surface area contributed by atoms with Crippen molar-refractivity contribution in [3.8, 4) is 0 Å². The summed E-state index contributed by atoms with van der Waals surface area (Å²) in [5.41, 5.74) is 0. The molecule has 0 aromatic rings. The van der Waals surface area contributed by atoms with Gasteiger partial charge in [0.1, 0.15) is 0 Å². The molecule has 2 bridgehead atoms. The first kappa shape index (κ1) is 10.4. The van der Waals surface area contributed by atoms with E-state index >= 15 is 0 Å². The molecule has 0 spiro atoms. The van der Waals surface area contributed by atoms with Gasteiger partial charge in [-0.05, 0) is 55.3 Å². The van der Waals surface area contributed by atoms with E-state index < -0.39 is 0 Å². The third-order valence-electron chi connectivity index (χ3n) is 5.18. The third kappa shape index (κ3) is 1.50. The lowest BCUT2D eigenvalue weighted by Gasteiger charge is -2.31. The molecule has 2 heteroatoms. The molecule has 0 N–H and O–H groups in total. The zero-order chi connectivity index (χ0) is 11.1. The van der Waals surface area contributed by atoms with Gasteiger partial charge in [0.15, 0.2) is 12.0 Å². The molecule has 16 heavy (non-hydrogen) atoms. The van der Waals surface area contributed by atoms with Crippen molar-refractivity contribution in [2.75, 3.05) is 6.61 Å². The van der Waals surface area contributed by atoms with Gasteiger partial charge >= 0.3 is 0 Å². The van der Waals surface area contributed by atoms with Crippen molar-refractivity contribution in [1.29, 1.82) is 0 Å². The lowest BCUT2D eigenvalue weighted by molar-refractivity contribution is -0.108. The summed E-state index contributed by atoms with van der Waals surface area (Å²) in [4.78, 5) is 10.4. The molecular weight excluding hydrogens is 200 g/mol. The largest absolute Gasteiger partial charge is 0.490 e. The summed E-state index contributed by atoms with van der Waals surface area (Å²) in [5.74, 6) is 4.87. The van der Waals surface area contributed by atoms with Gasteiger partial charge in [-0.3, -0.25) is 4.79 Å². The molecule has 0 saturated heterocycles. The van der Waals surface area contributed by atoms with Crippen molar-refractivity contribution in [2.24, 2.45) is 29.6 Å². The molecule has 3 rings (SSSR count). The molecule has 0 radical (unpaired) electrons. The van der Waals surface area contributed by atoms with E-state index in [1.165, 1.54) is 32.1 Å². The van der Waals surface area contributed by atoms with E-state index in [0.717, 1.165) is 30.3 Å². The Kier molecular flexibility index (Phi) is 2.53. The molecule has 3 saturated carbocycles. The highest BCUT2D eigenvalue weighted by Gasteiger charge is 2.53. The molecular formula is C14H20O2. The molecule has 0 amide bonds. The van der Waals surface area contributed by atoms with Crippen LogP contribution in [0.5, 0.6) is 0 Å². The molecule has 2 nitrogen and oxygen atoms in total. The number of hydrogen-bond donors (Lipinski definition) is 0. The number of carbonyl (C=O) groups excluding carboxylic acids is 1. The van der Waals surface area contributed by atoms with Crippen LogP contribution < -0.4 is 0 Å². The standard InChI is InChI=1S/C14H20O2/c1-9(7-15)16-8-11-5-10-6-14(11)13-4-2-3-12(10)13/h7,10-14H,1-6,8H2. The van der Waals surface area contributed by atoms with Crippen LogP contribution >= 0.6 is 0 Å². The fraction of sp³-hybridized carbons (Fsp3) is 0.786. The molecule has 5 unspecified atom stereocenters. The molecule has 3 fully saturated rings. The van der Waals surface area contributed by atoms with Gasteiger partial charge in [-0.1, -0.05) is 13.0 Å². The van der Waals surface area contributed by atoms with Crippen molar-refractivity contribution in [3.05, 3.63) is 12.3 Å². The smallest absolute Gasteiger partial charge is 0.184 e. The van der Waals surface area contributed by atoms with Crippen molar-refractivity contribution in [3.63, 3.8) is 0 Å². The zero-order valence-electron chi connectivity index (χ0n) is 9.73. The first-order chi connectivity index (χ1) is 7.79. The Morgan fingerprint density at radius 2 is 2.06 bits per heavy atom. The highest BCUT2D eigenvalue weighted by molar-refractivity contribution is 5.68. The Morgan fingerprint density at radius 3 is 2.88 bits per heavy atom. The van der Waals surface area contributed by atoms with Crippen LogP contribution in [0.25, 0.3) is 0 Å². The van der Waals surface area contributed by atoms with E-state index in [1.807, 2.05) is 0 Å². The first-order valence-electron chi connectivity index (χ1n) is 6.56. The minimum absolute atomic E-state index is 0.297. The van der Waals surface area contributed by atoms with E-state index in [0.29, 0.717) is 18.0 Å². The number of carbonyl (C=O) groups is 1. The van der Waals surface area contributed by atoms with Gasteiger partial charge in [-0.2, -0.15) is 0 Å². The van der Waals surface area contributed by atoms with Crippen molar-refractivity contribution >= 4 is 6.29 Å². The predicted octanol–water partition coefficient (Wildman–Crippen LogP) is 2.79. The summed E-state index contributed by atoms with van der Waals surface area (Å²) in [5, 5.41) is 0. The van der Waals surface area contributed by atoms with E-state index in [9.17, 15) is 4.79 Å². The van der Waals surface area contributed by atoms with Gasteiger partial charge in [0, 0.05) is 0 Å². The summed E-state index contributed by atoms with van der Waals surface area (Å²) in [6.45, 7) is 4.30. The van der Waals surface area contributed by atoms with Crippen LogP contribution in [0.2, 0.25) is 0 Å². The van der Waals surface area contributed by atoms with Crippen LogP contribution in [0.4, 0.5) is 0 Å². The van der Waals surface area contributed by atoms with Gasteiger partial charge in [0.05, 0.1) is 6.61 Å². The lowest BCUT2D eigenvalue weighted by atomic mass is 9.76. The monoisotopic (exact) mass is 220 g/mol. The minimum atomic E-state index is 0.297. The number of ether oxygens (including phenoxy) is 1. The van der Waals surface area contributed by atoms with E-state index in [-0.39, 0.29) is 0 Å². The number of hydrogen-bond acceptors (Lipinski definition) is 2.